The van der Waals surface area contributed by atoms with E-state index in [-0.39, 0.29) is 5.82 Å². The van der Waals surface area contributed by atoms with Crippen molar-refractivity contribution in [3.63, 3.8) is 0 Å². The lowest BCUT2D eigenvalue weighted by Gasteiger charge is -2.21. The van der Waals surface area contributed by atoms with Crippen LogP contribution in [0.15, 0.2) is 54.6 Å². The van der Waals surface area contributed by atoms with Crippen molar-refractivity contribution in [3.05, 3.63) is 71.5 Å². The van der Waals surface area contributed by atoms with Crippen LogP contribution in [-0.2, 0) is 6.42 Å². The topological polar surface area (TPSA) is 23.5 Å². The maximum atomic E-state index is 13.6. The largest absolute Gasteiger partial charge is 0.387 e. The lowest BCUT2D eigenvalue weighted by Crippen LogP contribution is -2.27. The highest BCUT2D eigenvalue weighted by Crippen LogP contribution is 2.17. The minimum Gasteiger partial charge on any atom is -0.387 e. The van der Waals surface area contributed by atoms with Crippen molar-refractivity contribution in [1.82, 2.24) is 4.90 Å². The van der Waals surface area contributed by atoms with Gasteiger partial charge in [0.15, 0.2) is 0 Å². The summed E-state index contributed by atoms with van der Waals surface area (Å²) >= 11 is 0. The van der Waals surface area contributed by atoms with Gasteiger partial charge in [0.2, 0.25) is 0 Å². The maximum absolute atomic E-state index is 13.6. The van der Waals surface area contributed by atoms with Gasteiger partial charge in [0.1, 0.15) is 5.82 Å². The van der Waals surface area contributed by atoms with Crippen LogP contribution in [0.3, 0.4) is 0 Å². The Hall–Kier alpha value is -1.71. The van der Waals surface area contributed by atoms with Gasteiger partial charge in [-0.3, -0.25) is 0 Å². The summed E-state index contributed by atoms with van der Waals surface area (Å²) < 4.78 is 13.6. The second-order valence-electron chi connectivity index (χ2n) is 5.04. The average Bonchev–Trinajstić information content (AvgIpc) is 2.46. The highest BCUT2D eigenvalue weighted by molar-refractivity contribution is 5.20. The molecule has 0 aromatic heterocycles. The van der Waals surface area contributed by atoms with Crippen LogP contribution in [0.4, 0.5) is 4.39 Å². The Morgan fingerprint density at radius 3 is 2.40 bits per heavy atom. The van der Waals surface area contributed by atoms with Crippen LogP contribution >= 0.6 is 0 Å². The molecule has 0 amide bonds. The summed E-state index contributed by atoms with van der Waals surface area (Å²) in [6, 6.07) is 16.6. The van der Waals surface area contributed by atoms with Crippen molar-refractivity contribution in [2.24, 2.45) is 0 Å². The molecule has 2 aromatic carbocycles. The standard InChI is InChI=1S/C17H20FNO/c1-19(12-11-14-7-3-2-4-8-14)13-17(20)15-9-5-6-10-16(15)18/h2-10,17,20H,11-13H2,1H3. The molecule has 0 bridgehead atoms. The summed E-state index contributed by atoms with van der Waals surface area (Å²) in [5.74, 6) is -0.351. The fourth-order valence-corrected chi connectivity index (χ4v) is 2.19. The predicted octanol–water partition coefficient (Wildman–Crippen LogP) is 3.03. The van der Waals surface area contributed by atoms with Gasteiger partial charge < -0.3 is 10.0 Å². The second-order valence-corrected chi connectivity index (χ2v) is 5.04. The van der Waals surface area contributed by atoms with Crippen LogP contribution in [0.25, 0.3) is 0 Å². The summed E-state index contributed by atoms with van der Waals surface area (Å²) in [7, 11) is 1.94. The Morgan fingerprint density at radius 2 is 1.70 bits per heavy atom. The van der Waals surface area contributed by atoms with E-state index >= 15 is 0 Å². The molecule has 1 atom stereocenters. The van der Waals surface area contributed by atoms with Crippen molar-refractivity contribution in [1.29, 1.82) is 0 Å². The van der Waals surface area contributed by atoms with Crippen LogP contribution in [0.5, 0.6) is 0 Å². The molecular weight excluding hydrogens is 253 g/mol. The van der Waals surface area contributed by atoms with Crippen LogP contribution in [0.1, 0.15) is 17.2 Å². The van der Waals surface area contributed by atoms with E-state index < -0.39 is 6.10 Å². The van der Waals surface area contributed by atoms with Gasteiger partial charge in [-0.05, 0) is 25.1 Å². The van der Waals surface area contributed by atoms with E-state index in [0.29, 0.717) is 12.1 Å². The van der Waals surface area contributed by atoms with Crippen molar-refractivity contribution in [2.45, 2.75) is 12.5 Å². The molecule has 1 N–H and O–H groups in total. The molecule has 3 heteroatoms. The van der Waals surface area contributed by atoms with E-state index in [1.54, 1.807) is 18.2 Å². The summed E-state index contributed by atoms with van der Waals surface area (Å²) in [6.07, 6.45) is 0.124. The fourth-order valence-electron chi connectivity index (χ4n) is 2.19. The van der Waals surface area contributed by atoms with Crippen LogP contribution in [0, 0.1) is 5.82 Å². The SMILES string of the molecule is CN(CCc1ccccc1)CC(O)c1ccccc1F. The molecule has 0 saturated carbocycles. The monoisotopic (exact) mass is 273 g/mol. The van der Waals surface area contributed by atoms with Crippen LogP contribution in [-0.4, -0.2) is 30.1 Å². The van der Waals surface area contributed by atoms with Gasteiger partial charge in [-0.2, -0.15) is 0 Å². The van der Waals surface area contributed by atoms with Gasteiger partial charge in [-0.1, -0.05) is 48.5 Å². The number of likely N-dealkylation sites (N-methyl/N-ethyl adjacent to an activating group) is 1. The summed E-state index contributed by atoms with van der Waals surface area (Å²) in [5.41, 5.74) is 1.62. The van der Waals surface area contributed by atoms with E-state index in [9.17, 15) is 9.50 Å². The number of rotatable bonds is 6. The van der Waals surface area contributed by atoms with Crippen molar-refractivity contribution >= 4 is 0 Å². The number of nitrogens with zero attached hydrogens (tertiary/aromatic N) is 1. The molecule has 20 heavy (non-hydrogen) atoms. The molecule has 2 nitrogen and oxygen atoms in total. The molecule has 0 aliphatic carbocycles. The van der Waals surface area contributed by atoms with Crippen molar-refractivity contribution in [2.75, 3.05) is 20.1 Å². The lowest BCUT2D eigenvalue weighted by molar-refractivity contribution is 0.124. The van der Waals surface area contributed by atoms with Crippen LogP contribution in [0.2, 0.25) is 0 Å². The zero-order valence-electron chi connectivity index (χ0n) is 11.7. The smallest absolute Gasteiger partial charge is 0.129 e. The van der Waals surface area contributed by atoms with E-state index in [2.05, 4.69) is 12.1 Å². The Labute approximate surface area is 119 Å². The number of hydrogen-bond acceptors (Lipinski definition) is 2. The third kappa shape index (κ3) is 4.15. The Bertz CT molecular complexity index is 530. The number of hydrogen-bond donors (Lipinski definition) is 1. The van der Waals surface area contributed by atoms with Crippen molar-refractivity contribution < 1.29 is 9.50 Å². The number of benzene rings is 2. The van der Waals surface area contributed by atoms with Gasteiger partial charge in [-0.15, -0.1) is 0 Å². The summed E-state index contributed by atoms with van der Waals surface area (Å²) in [6.45, 7) is 1.25. The molecule has 0 fully saturated rings. The van der Waals surface area contributed by atoms with Crippen LogP contribution < -0.4 is 0 Å². The third-order valence-electron chi connectivity index (χ3n) is 3.37. The highest BCUT2D eigenvalue weighted by atomic mass is 19.1. The molecule has 106 valence electrons. The first-order valence-electron chi connectivity index (χ1n) is 6.82. The first kappa shape index (κ1) is 14.7. The molecule has 2 rings (SSSR count). The number of halogens is 1. The summed E-state index contributed by atoms with van der Waals surface area (Å²) in [4.78, 5) is 2.02. The number of aliphatic hydroxyl groups excluding tert-OH is 1. The number of aliphatic hydroxyl groups is 1. The molecule has 0 heterocycles. The molecule has 1 unspecified atom stereocenters. The average molecular weight is 273 g/mol. The van der Waals surface area contributed by atoms with Gasteiger partial charge in [-0.25, -0.2) is 4.39 Å². The Balaban J connectivity index is 1.85. The highest BCUT2D eigenvalue weighted by Gasteiger charge is 2.14. The Morgan fingerprint density at radius 1 is 1.05 bits per heavy atom. The zero-order valence-corrected chi connectivity index (χ0v) is 11.7. The molecule has 0 spiro atoms. The molecule has 0 aliphatic rings. The Kier molecular flexibility index (Phi) is 5.27. The van der Waals surface area contributed by atoms with E-state index in [0.717, 1.165) is 13.0 Å². The van der Waals surface area contributed by atoms with Gasteiger partial charge >= 0.3 is 0 Å². The third-order valence-corrected chi connectivity index (χ3v) is 3.37. The quantitative estimate of drug-likeness (QED) is 0.874. The van der Waals surface area contributed by atoms with Gasteiger partial charge in [0.25, 0.3) is 0 Å². The molecule has 2 aromatic rings. The molecule has 0 aliphatic heterocycles. The van der Waals surface area contributed by atoms with Gasteiger partial charge in [0, 0.05) is 18.7 Å². The summed E-state index contributed by atoms with van der Waals surface area (Å²) in [5, 5.41) is 10.1. The minimum absolute atomic E-state index is 0.351. The normalized spacial score (nSPS) is 12.6. The van der Waals surface area contributed by atoms with E-state index in [1.165, 1.54) is 11.6 Å². The van der Waals surface area contributed by atoms with E-state index in [1.807, 2.05) is 30.1 Å². The fraction of sp³-hybridized carbons (Fsp3) is 0.294. The first-order chi connectivity index (χ1) is 9.66. The minimum atomic E-state index is -0.794. The predicted molar refractivity (Wildman–Crippen MR) is 79.0 cm³/mol. The molecule has 0 saturated heterocycles. The maximum Gasteiger partial charge on any atom is 0.129 e. The second kappa shape index (κ2) is 7.17. The lowest BCUT2D eigenvalue weighted by atomic mass is 10.1. The molecule has 0 radical (unpaired) electrons. The first-order valence-corrected chi connectivity index (χ1v) is 6.82. The zero-order chi connectivity index (χ0) is 14.4. The van der Waals surface area contributed by atoms with E-state index in [4.69, 9.17) is 0 Å². The van der Waals surface area contributed by atoms with Crippen molar-refractivity contribution in [3.8, 4) is 0 Å². The molecular formula is C17H20FNO. The van der Waals surface area contributed by atoms with Gasteiger partial charge in [0.05, 0.1) is 6.10 Å².